The van der Waals surface area contributed by atoms with Crippen LogP contribution >= 0.6 is 0 Å². The van der Waals surface area contributed by atoms with Crippen molar-refractivity contribution in [3.63, 3.8) is 0 Å². The number of fused-ring (bicyclic) bond motifs is 1. The standard InChI is InChI=1S/C33H40N2O6S3/c1-23(2)21-30(34-42(36)33(5,6)7)29-9-8-10-31-32(29)26(19-20-41-44(39,40)28-17-13-25(4)14-18-28)22-35(31)43(37,38)27-15-11-24(3)12-16-27/h8-18,21-22,30,34H,19-20H2,1-7H3/t30-,42-/m1/s1. The number of hydrogen-bond donors (Lipinski definition) is 1. The lowest BCUT2D eigenvalue weighted by molar-refractivity contribution is 0.322. The quantitative estimate of drug-likeness (QED) is 0.146. The van der Waals surface area contributed by atoms with Gasteiger partial charge in [-0.2, -0.15) is 8.42 Å². The minimum atomic E-state index is -4.03. The van der Waals surface area contributed by atoms with Crippen LogP contribution in [0.4, 0.5) is 0 Å². The predicted molar refractivity (Wildman–Crippen MR) is 177 cm³/mol. The van der Waals surface area contributed by atoms with Gasteiger partial charge in [-0.25, -0.2) is 21.3 Å². The summed E-state index contributed by atoms with van der Waals surface area (Å²) in [6, 6.07) is 17.8. The van der Waals surface area contributed by atoms with Gasteiger partial charge in [-0.1, -0.05) is 59.2 Å². The van der Waals surface area contributed by atoms with Gasteiger partial charge in [0.05, 0.1) is 43.7 Å². The van der Waals surface area contributed by atoms with Crippen LogP contribution in [-0.4, -0.2) is 36.4 Å². The maximum atomic E-state index is 13.9. The fourth-order valence-corrected chi connectivity index (χ4v) is 7.76. The number of nitrogens with one attached hydrogen (secondary N) is 1. The van der Waals surface area contributed by atoms with E-state index >= 15 is 0 Å². The summed E-state index contributed by atoms with van der Waals surface area (Å²) in [6.45, 7) is 13.0. The van der Waals surface area contributed by atoms with Gasteiger partial charge < -0.3 is 0 Å². The molecule has 1 aromatic heterocycles. The molecule has 0 aliphatic carbocycles. The topological polar surface area (TPSA) is 112 Å². The second-order valence-corrected chi connectivity index (χ2v) is 17.5. The molecule has 0 bridgehead atoms. The molecule has 4 aromatic rings. The van der Waals surface area contributed by atoms with Crippen LogP contribution in [0.2, 0.25) is 0 Å². The molecule has 2 atom stereocenters. The van der Waals surface area contributed by atoms with Crippen molar-refractivity contribution in [2.75, 3.05) is 6.61 Å². The van der Waals surface area contributed by atoms with Crippen LogP contribution < -0.4 is 4.72 Å². The molecule has 44 heavy (non-hydrogen) atoms. The van der Waals surface area contributed by atoms with Gasteiger partial charge in [0.2, 0.25) is 0 Å². The van der Waals surface area contributed by atoms with E-state index in [4.69, 9.17) is 4.18 Å². The lowest BCUT2D eigenvalue weighted by Crippen LogP contribution is -2.35. The van der Waals surface area contributed by atoms with Crippen LogP contribution in [-0.2, 0) is 41.7 Å². The SMILES string of the molecule is CC(C)=C[C@@H](N[S@](=O)C(C)(C)C)c1cccc2c1c(CCOS(=O)(=O)c1ccc(C)cc1)cn2S(=O)(=O)c1ccc(C)cc1. The number of aromatic nitrogens is 1. The van der Waals surface area contributed by atoms with Crippen LogP contribution in [0, 0.1) is 13.8 Å². The molecule has 4 rings (SSSR count). The molecule has 0 amide bonds. The molecule has 8 nitrogen and oxygen atoms in total. The molecule has 0 saturated heterocycles. The third-order valence-electron chi connectivity index (χ3n) is 7.03. The molecule has 0 saturated carbocycles. The second-order valence-electron chi connectivity index (χ2n) is 12.1. The van der Waals surface area contributed by atoms with Crippen molar-refractivity contribution in [1.82, 2.24) is 8.69 Å². The zero-order valence-electron chi connectivity index (χ0n) is 26.1. The first-order chi connectivity index (χ1) is 20.5. The van der Waals surface area contributed by atoms with E-state index in [0.29, 0.717) is 16.5 Å². The van der Waals surface area contributed by atoms with Gasteiger partial charge in [-0.15, -0.1) is 0 Å². The molecule has 0 aliphatic rings. The van der Waals surface area contributed by atoms with Gasteiger partial charge in [0, 0.05) is 11.6 Å². The lowest BCUT2D eigenvalue weighted by atomic mass is 9.98. The second kappa shape index (κ2) is 13.1. The van der Waals surface area contributed by atoms with Gasteiger partial charge in [0.15, 0.2) is 0 Å². The van der Waals surface area contributed by atoms with Gasteiger partial charge in [0.1, 0.15) is 0 Å². The fraction of sp³-hybridized carbons (Fsp3) is 0.333. The Morgan fingerprint density at radius 3 is 2.02 bits per heavy atom. The average Bonchev–Trinajstić information content (AvgIpc) is 3.32. The van der Waals surface area contributed by atoms with Gasteiger partial charge >= 0.3 is 0 Å². The van der Waals surface area contributed by atoms with Crippen LogP contribution in [0.5, 0.6) is 0 Å². The zero-order chi connectivity index (χ0) is 32.4. The highest BCUT2D eigenvalue weighted by Gasteiger charge is 2.28. The van der Waals surface area contributed by atoms with E-state index in [1.54, 1.807) is 48.5 Å². The van der Waals surface area contributed by atoms with Crippen molar-refractivity contribution in [1.29, 1.82) is 0 Å². The first-order valence-electron chi connectivity index (χ1n) is 14.2. The lowest BCUT2D eigenvalue weighted by Gasteiger charge is -2.24. The van der Waals surface area contributed by atoms with E-state index in [0.717, 1.165) is 22.3 Å². The molecule has 0 unspecified atom stereocenters. The van der Waals surface area contributed by atoms with E-state index in [9.17, 15) is 21.0 Å². The van der Waals surface area contributed by atoms with Crippen molar-refractivity contribution in [3.05, 3.63) is 107 Å². The molecular weight excluding hydrogens is 617 g/mol. The minimum absolute atomic E-state index is 0.0469. The highest BCUT2D eigenvalue weighted by atomic mass is 32.2. The predicted octanol–water partition coefficient (Wildman–Crippen LogP) is 6.50. The Bertz CT molecular complexity index is 1910. The van der Waals surface area contributed by atoms with Crippen molar-refractivity contribution >= 4 is 42.0 Å². The maximum Gasteiger partial charge on any atom is 0.296 e. The Hall–Kier alpha value is -3.09. The molecule has 0 aliphatic heterocycles. The third kappa shape index (κ3) is 7.58. The van der Waals surface area contributed by atoms with E-state index in [2.05, 4.69) is 4.72 Å². The van der Waals surface area contributed by atoms with Crippen LogP contribution in [0.3, 0.4) is 0 Å². The van der Waals surface area contributed by atoms with Gasteiger partial charge in [-0.3, -0.25) is 4.18 Å². The molecule has 11 heteroatoms. The maximum absolute atomic E-state index is 13.9. The van der Waals surface area contributed by atoms with Crippen molar-refractivity contribution in [3.8, 4) is 0 Å². The number of benzene rings is 3. The van der Waals surface area contributed by atoms with Crippen LogP contribution in [0.1, 0.15) is 62.9 Å². The summed E-state index contributed by atoms with van der Waals surface area (Å²) in [4.78, 5) is 0.175. The summed E-state index contributed by atoms with van der Waals surface area (Å²) >= 11 is 0. The summed E-state index contributed by atoms with van der Waals surface area (Å²) in [5.41, 5.74) is 4.56. The third-order valence-corrected chi connectivity index (χ3v) is 11.6. The summed E-state index contributed by atoms with van der Waals surface area (Å²) in [5, 5.41) is 0.625. The van der Waals surface area contributed by atoms with Crippen molar-refractivity contribution < 1.29 is 25.2 Å². The Morgan fingerprint density at radius 2 is 1.48 bits per heavy atom. The first-order valence-corrected chi connectivity index (χ1v) is 18.2. The van der Waals surface area contributed by atoms with Crippen molar-refractivity contribution in [2.45, 2.75) is 75.5 Å². The summed E-state index contributed by atoms with van der Waals surface area (Å²) in [6.07, 6.45) is 3.59. The summed E-state index contributed by atoms with van der Waals surface area (Å²) in [5.74, 6) is 0. The number of allylic oxidation sites excluding steroid dienone is 1. The highest BCUT2D eigenvalue weighted by Crippen LogP contribution is 2.34. The molecule has 1 N–H and O–H groups in total. The molecule has 3 aromatic carbocycles. The normalized spacial score (nSPS) is 14.0. The molecular formula is C33H40N2O6S3. The largest absolute Gasteiger partial charge is 0.296 e. The Labute approximate surface area is 263 Å². The van der Waals surface area contributed by atoms with Crippen molar-refractivity contribution in [2.24, 2.45) is 0 Å². The van der Waals surface area contributed by atoms with E-state index < -0.39 is 41.9 Å². The Balaban J connectivity index is 1.85. The van der Waals surface area contributed by atoms with Gasteiger partial charge in [-0.05, 0) is 96.3 Å². The number of hydrogen-bond acceptors (Lipinski definition) is 6. The van der Waals surface area contributed by atoms with E-state index in [1.807, 2.05) is 60.6 Å². The number of nitrogens with zero attached hydrogens (tertiary/aromatic N) is 1. The Kier molecular flexibility index (Phi) is 10.1. The minimum Gasteiger partial charge on any atom is -0.266 e. The number of aryl methyl sites for hydroxylation is 2. The first kappa shape index (κ1) is 33.8. The molecule has 0 fully saturated rings. The fourth-order valence-electron chi connectivity index (χ4n) is 4.69. The van der Waals surface area contributed by atoms with Crippen LogP contribution in [0.15, 0.2) is 94.4 Å². The summed E-state index contributed by atoms with van der Waals surface area (Å²) < 4.78 is 76.3. The summed E-state index contributed by atoms with van der Waals surface area (Å²) in [7, 11) is -9.48. The van der Waals surface area contributed by atoms with E-state index in [-0.39, 0.29) is 22.8 Å². The zero-order valence-corrected chi connectivity index (χ0v) is 28.6. The monoisotopic (exact) mass is 656 g/mol. The molecule has 1 heterocycles. The van der Waals surface area contributed by atoms with Crippen LogP contribution in [0.25, 0.3) is 10.9 Å². The molecule has 236 valence electrons. The average molecular weight is 657 g/mol. The smallest absolute Gasteiger partial charge is 0.266 e. The number of rotatable bonds is 11. The molecule has 0 radical (unpaired) electrons. The van der Waals surface area contributed by atoms with Gasteiger partial charge in [0.25, 0.3) is 20.1 Å². The van der Waals surface area contributed by atoms with E-state index in [1.165, 1.54) is 22.3 Å². The highest BCUT2D eigenvalue weighted by molar-refractivity contribution is 7.90. The Morgan fingerprint density at radius 1 is 0.909 bits per heavy atom. The molecule has 0 spiro atoms.